The summed E-state index contributed by atoms with van der Waals surface area (Å²) in [6.07, 6.45) is 3.20. The molecule has 0 N–H and O–H groups in total. The van der Waals surface area contributed by atoms with Crippen LogP contribution >= 0.6 is 0 Å². The molecule has 0 aromatic rings. The molecule has 0 aliphatic rings. The van der Waals surface area contributed by atoms with E-state index in [1.807, 2.05) is 6.92 Å². The van der Waals surface area contributed by atoms with Gasteiger partial charge in [-0.25, -0.2) is 0 Å². The molecule has 0 saturated carbocycles. The molecule has 0 rings (SSSR count). The molecule has 0 fully saturated rings. The summed E-state index contributed by atoms with van der Waals surface area (Å²) in [4.78, 5) is 14.1. The van der Waals surface area contributed by atoms with E-state index in [0.717, 1.165) is 5.57 Å². The van der Waals surface area contributed by atoms with Crippen LogP contribution in [0.1, 0.15) is 13.8 Å². The van der Waals surface area contributed by atoms with Crippen LogP contribution in [0.15, 0.2) is 16.6 Å². The standard InChI is InChI=1S/C7H11NO/c1-6(5-8-3)4-7(2)9/h4-5H,1-3H3. The van der Waals surface area contributed by atoms with Gasteiger partial charge in [-0.1, -0.05) is 0 Å². The van der Waals surface area contributed by atoms with Crippen molar-refractivity contribution in [2.75, 3.05) is 7.05 Å². The van der Waals surface area contributed by atoms with Crippen LogP contribution < -0.4 is 0 Å². The molecule has 2 nitrogen and oxygen atoms in total. The highest BCUT2D eigenvalue weighted by atomic mass is 16.1. The molecule has 0 atom stereocenters. The van der Waals surface area contributed by atoms with Crippen molar-refractivity contribution in [3.63, 3.8) is 0 Å². The topological polar surface area (TPSA) is 29.4 Å². The summed E-state index contributed by atoms with van der Waals surface area (Å²) in [5.41, 5.74) is 0.894. The number of carbonyl (C=O) groups excluding carboxylic acids is 1. The van der Waals surface area contributed by atoms with Gasteiger partial charge in [0.25, 0.3) is 0 Å². The monoisotopic (exact) mass is 125 g/mol. The molecule has 2 heteroatoms. The summed E-state index contributed by atoms with van der Waals surface area (Å²) in [6.45, 7) is 3.36. The summed E-state index contributed by atoms with van der Waals surface area (Å²) >= 11 is 0. The lowest BCUT2D eigenvalue weighted by atomic mass is 10.2. The number of hydrogen-bond donors (Lipinski definition) is 0. The molecule has 0 aromatic carbocycles. The Morgan fingerprint density at radius 1 is 1.44 bits per heavy atom. The summed E-state index contributed by atoms with van der Waals surface area (Å²) in [5.74, 6) is 0.0624. The fourth-order valence-corrected chi connectivity index (χ4v) is 0.562. The van der Waals surface area contributed by atoms with E-state index in [2.05, 4.69) is 4.99 Å². The van der Waals surface area contributed by atoms with Crippen LogP contribution in [0.4, 0.5) is 0 Å². The number of hydrogen-bond acceptors (Lipinski definition) is 2. The number of nitrogens with zero attached hydrogens (tertiary/aromatic N) is 1. The number of allylic oxidation sites excluding steroid dienone is 2. The zero-order valence-corrected chi connectivity index (χ0v) is 6.01. The first-order chi connectivity index (χ1) is 4.16. The maximum absolute atomic E-state index is 10.4. The number of aliphatic imine (C=N–C) groups is 1. The van der Waals surface area contributed by atoms with Crippen LogP contribution in [-0.2, 0) is 4.79 Å². The Balaban J connectivity index is 4.00. The quantitative estimate of drug-likeness (QED) is 0.403. The maximum atomic E-state index is 10.4. The molecule has 0 aliphatic heterocycles. The highest BCUT2D eigenvalue weighted by molar-refractivity contribution is 5.94. The van der Waals surface area contributed by atoms with Gasteiger partial charge in [0.05, 0.1) is 0 Å². The largest absolute Gasteiger partial charge is 0.296 e. The van der Waals surface area contributed by atoms with Gasteiger partial charge in [0.15, 0.2) is 5.78 Å². The Bertz CT molecular complexity index is 156. The zero-order chi connectivity index (χ0) is 7.28. The van der Waals surface area contributed by atoms with Gasteiger partial charge in [-0.3, -0.25) is 9.79 Å². The van der Waals surface area contributed by atoms with Crippen LogP contribution in [0, 0.1) is 0 Å². The van der Waals surface area contributed by atoms with Crippen molar-refractivity contribution in [1.82, 2.24) is 0 Å². The van der Waals surface area contributed by atoms with Crippen LogP contribution in [0.3, 0.4) is 0 Å². The van der Waals surface area contributed by atoms with Crippen molar-refractivity contribution < 1.29 is 4.79 Å². The van der Waals surface area contributed by atoms with Gasteiger partial charge < -0.3 is 0 Å². The van der Waals surface area contributed by atoms with E-state index >= 15 is 0 Å². The first-order valence-electron chi connectivity index (χ1n) is 2.78. The second-order valence-electron chi connectivity index (χ2n) is 1.89. The first-order valence-corrected chi connectivity index (χ1v) is 2.78. The smallest absolute Gasteiger partial charge is 0.152 e. The lowest BCUT2D eigenvalue weighted by molar-refractivity contribution is -0.112. The van der Waals surface area contributed by atoms with Crippen LogP contribution in [0.2, 0.25) is 0 Å². The molecule has 0 bridgehead atoms. The second kappa shape index (κ2) is 4.01. The van der Waals surface area contributed by atoms with Crippen molar-refractivity contribution in [2.45, 2.75) is 13.8 Å². The van der Waals surface area contributed by atoms with Crippen LogP contribution in [0.5, 0.6) is 0 Å². The normalized spacial score (nSPS) is 12.6. The lowest BCUT2D eigenvalue weighted by Gasteiger charge is -1.84. The van der Waals surface area contributed by atoms with E-state index in [-0.39, 0.29) is 5.78 Å². The molecule has 0 heterocycles. The van der Waals surface area contributed by atoms with Gasteiger partial charge in [0.1, 0.15) is 0 Å². The van der Waals surface area contributed by atoms with Crippen molar-refractivity contribution in [1.29, 1.82) is 0 Å². The molecule has 0 unspecified atom stereocenters. The second-order valence-corrected chi connectivity index (χ2v) is 1.89. The van der Waals surface area contributed by atoms with Gasteiger partial charge >= 0.3 is 0 Å². The van der Waals surface area contributed by atoms with Crippen molar-refractivity contribution in [2.24, 2.45) is 4.99 Å². The molecule has 0 amide bonds. The number of ketones is 1. The molecule has 0 aromatic heterocycles. The minimum atomic E-state index is 0.0624. The number of rotatable bonds is 2. The third-order valence-electron chi connectivity index (χ3n) is 0.764. The average Bonchev–Trinajstić information content (AvgIpc) is 1.63. The van der Waals surface area contributed by atoms with Crippen LogP contribution in [0.25, 0.3) is 0 Å². The molecule has 0 saturated heterocycles. The third-order valence-corrected chi connectivity index (χ3v) is 0.764. The molecule has 0 spiro atoms. The van der Waals surface area contributed by atoms with Crippen molar-refractivity contribution >= 4 is 12.0 Å². The Kier molecular flexibility index (Phi) is 3.60. The Morgan fingerprint density at radius 3 is 2.33 bits per heavy atom. The van der Waals surface area contributed by atoms with Gasteiger partial charge in [-0.05, 0) is 25.5 Å². The zero-order valence-electron chi connectivity index (χ0n) is 6.01. The molecular weight excluding hydrogens is 114 g/mol. The van der Waals surface area contributed by atoms with E-state index in [1.54, 1.807) is 19.3 Å². The molecule has 50 valence electrons. The van der Waals surface area contributed by atoms with E-state index < -0.39 is 0 Å². The van der Waals surface area contributed by atoms with Crippen molar-refractivity contribution in [3.8, 4) is 0 Å². The Morgan fingerprint density at radius 2 is 2.00 bits per heavy atom. The van der Waals surface area contributed by atoms with Crippen molar-refractivity contribution in [3.05, 3.63) is 11.6 Å². The predicted octanol–water partition coefficient (Wildman–Crippen LogP) is 1.22. The minimum Gasteiger partial charge on any atom is -0.296 e. The van der Waals surface area contributed by atoms with Gasteiger partial charge in [0, 0.05) is 13.3 Å². The average molecular weight is 125 g/mol. The highest BCUT2D eigenvalue weighted by Crippen LogP contribution is 1.86. The lowest BCUT2D eigenvalue weighted by Crippen LogP contribution is -1.85. The minimum absolute atomic E-state index is 0.0624. The molecule has 9 heavy (non-hydrogen) atoms. The Hall–Kier alpha value is -0.920. The molecule has 0 radical (unpaired) electrons. The summed E-state index contributed by atoms with van der Waals surface area (Å²) in [7, 11) is 1.68. The number of carbonyl (C=O) groups is 1. The maximum Gasteiger partial charge on any atom is 0.152 e. The SMILES string of the molecule is CN=CC(C)=CC(C)=O. The van der Waals surface area contributed by atoms with Gasteiger partial charge in [-0.2, -0.15) is 0 Å². The van der Waals surface area contributed by atoms with E-state index in [1.165, 1.54) is 6.92 Å². The van der Waals surface area contributed by atoms with Gasteiger partial charge in [-0.15, -0.1) is 0 Å². The highest BCUT2D eigenvalue weighted by Gasteiger charge is 1.84. The summed E-state index contributed by atoms with van der Waals surface area (Å²) < 4.78 is 0. The fourth-order valence-electron chi connectivity index (χ4n) is 0.562. The van der Waals surface area contributed by atoms with Gasteiger partial charge in [0.2, 0.25) is 0 Å². The Labute approximate surface area is 55.3 Å². The fraction of sp³-hybridized carbons (Fsp3) is 0.429. The summed E-state index contributed by atoms with van der Waals surface area (Å²) in [5, 5.41) is 0. The molecule has 0 aliphatic carbocycles. The molecular formula is C7H11NO. The van der Waals surface area contributed by atoms with E-state index in [9.17, 15) is 4.79 Å². The van der Waals surface area contributed by atoms with E-state index in [0.29, 0.717) is 0 Å². The predicted molar refractivity (Wildman–Crippen MR) is 38.9 cm³/mol. The third kappa shape index (κ3) is 4.94. The first kappa shape index (κ1) is 8.08. The van der Waals surface area contributed by atoms with E-state index in [4.69, 9.17) is 0 Å². The summed E-state index contributed by atoms with van der Waals surface area (Å²) in [6, 6.07) is 0. The van der Waals surface area contributed by atoms with Crippen LogP contribution in [-0.4, -0.2) is 19.0 Å².